The highest BCUT2D eigenvalue weighted by molar-refractivity contribution is 7.99. The number of carbonyl (C=O) groups excluding carboxylic acids is 2. The number of aromatic nitrogens is 2. The first-order chi connectivity index (χ1) is 14.3. The van der Waals surface area contributed by atoms with Crippen molar-refractivity contribution in [1.29, 1.82) is 0 Å². The van der Waals surface area contributed by atoms with Gasteiger partial charge in [-0.25, -0.2) is 4.98 Å². The topological polar surface area (TPSA) is 58.4 Å². The lowest BCUT2D eigenvalue weighted by molar-refractivity contribution is -0.138. The molecule has 1 fully saturated rings. The summed E-state index contributed by atoms with van der Waals surface area (Å²) >= 11 is 1.46. The van der Waals surface area contributed by atoms with Gasteiger partial charge < -0.3 is 9.80 Å². The number of thioether (sulfide) groups is 1. The molecule has 2 heterocycles. The van der Waals surface area contributed by atoms with Crippen molar-refractivity contribution in [2.45, 2.75) is 45.7 Å². The highest BCUT2D eigenvalue weighted by Crippen LogP contribution is 2.24. The second kappa shape index (κ2) is 10.2. The van der Waals surface area contributed by atoms with Crippen LogP contribution in [0.25, 0.3) is 5.69 Å². The number of aryl methyl sites for hydroxylation is 2. The molecule has 0 N–H and O–H groups in total. The van der Waals surface area contributed by atoms with Gasteiger partial charge in [-0.2, -0.15) is 0 Å². The molecule has 0 saturated carbocycles. The fourth-order valence-corrected chi connectivity index (χ4v) is 4.42. The highest BCUT2D eigenvalue weighted by atomic mass is 32.2. The normalized spacial score (nSPS) is 14.4. The van der Waals surface area contributed by atoms with Crippen molar-refractivity contribution >= 4 is 23.6 Å². The van der Waals surface area contributed by atoms with E-state index in [2.05, 4.69) is 50.9 Å². The van der Waals surface area contributed by atoms with E-state index >= 15 is 0 Å². The van der Waals surface area contributed by atoms with Crippen LogP contribution in [-0.2, 0) is 9.59 Å². The Morgan fingerprint density at radius 2 is 1.73 bits per heavy atom. The summed E-state index contributed by atoms with van der Waals surface area (Å²) in [5.41, 5.74) is 3.46. The molecule has 0 aliphatic carbocycles. The lowest BCUT2D eigenvalue weighted by atomic mass is 10.1. The van der Waals surface area contributed by atoms with Gasteiger partial charge in [0, 0.05) is 45.0 Å². The zero-order valence-electron chi connectivity index (χ0n) is 18.4. The zero-order chi connectivity index (χ0) is 21.7. The predicted molar refractivity (Wildman–Crippen MR) is 121 cm³/mol. The lowest BCUT2D eigenvalue weighted by Crippen LogP contribution is -2.51. The number of rotatable bonds is 7. The number of amides is 2. The Balaban J connectivity index is 1.52. The number of benzene rings is 1. The Labute approximate surface area is 183 Å². The van der Waals surface area contributed by atoms with Gasteiger partial charge in [-0.1, -0.05) is 37.7 Å². The number of imidazole rings is 1. The second-order valence-electron chi connectivity index (χ2n) is 8.35. The molecule has 1 aliphatic heterocycles. The van der Waals surface area contributed by atoms with Gasteiger partial charge in [0.05, 0.1) is 11.4 Å². The Morgan fingerprint density at radius 3 is 2.40 bits per heavy atom. The van der Waals surface area contributed by atoms with Crippen LogP contribution in [0.1, 0.15) is 37.8 Å². The van der Waals surface area contributed by atoms with Crippen molar-refractivity contribution < 1.29 is 9.59 Å². The monoisotopic (exact) mass is 428 g/mol. The molecule has 162 valence electrons. The molecule has 6 nitrogen and oxygen atoms in total. The molecule has 0 spiro atoms. The summed E-state index contributed by atoms with van der Waals surface area (Å²) in [5.74, 6) is 1.19. The first-order valence-corrected chi connectivity index (χ1v) is 11.6. The maximum Gasteiger partial charge on any atom is 0.233 e. The molecule has 1 saturated heterocycles. The molecule has 7 heteroatoms. The Morgan fingerprint density at radius 1 is 1.07 bits per heavy atom. The van der Waals surface area contributed by atoms with Gasteiger partial charge in [0.25, 0.3) is 0 Å². The van der Waals surface area contributed by atoms with Gasteiger partial charge in [-0.3, -0.25) is 14.2 Å². The quantitative estimate of drug-likeness (QED) is 0.631. The van der Waals surface area contributed by atoms with Gasteiger partial charge in [0.2, 0.25) is 11.8 Å². The standard InChI is InChI=1S/C23H32N4O2S/c1-17(2)5-8-21(28)25-11-13-26(14-12-25)22(29)16-30-23-24-9-10-27(23)20-15-18(3)6-7-19(20)4/h6-7,9-10,15,17H,5,8,11-14,16H2,1-4H3. The SMILES string of the molecule is Cc1ccc(C)c(-n2ccnc2SCC(=O)N2CCN(C(=O)CCC(C)C)CC2)c1. The maximum absolute atomic E-state index is 12.7. The van der Waals surface area contributed by atoms with E-state index < -0.39 is 0 Å². The van der Waals surface area contributed by atoms with E-state index in [1.807, 2.05) is 20.6 Å². The van der Waals surface area contributed by atoms with Crippen molar-refractivity contribution in [3.8, 4) is 5.69 Å². The molecule has 2 amide bonds. The molecular weight excluding hydrogens is 396 g/mol. The second-order valence-corrected chi connectivity index (χ2v) is 9.30. The third-order valence-corrected chi connectivity index (χ3v) is 6.43. The van der Waals surface area contributed by atoms with Crippen LogP contribution >= 0.6 is 11.8 Å². The summed E-state index contributed by atoms with van der Waals surface area (Å²) in [7, 11) is 0. The average Bonchev–Trinajstić information content (AvgIpc) is 3.20. The minimum atomic E-state index is 0.102. The number of hydrogen-bond acceptors (Lipinski definition) is 4. The van der Waals surface area contributed by atoms with Crippen LogP contribution in [0, 0.1) is 19.8 Å². The van der Waals surface area contributed by atoms with Crippen molar-refractivity contribution in [2.75, 3.05) is 31.9 Å². The molecule has 0 unspecified atom stereocenters. The summed E-state index contributed by atoms with van der Waals surface area (Å²) in [4.78, 5) is 33.2. The van der Waals surface area contributed by atoms with Crippen molar-refractivity contribution in [2.24, 2.45) is 5.92 Å². The van der Waals surface area contributed by atoms with Crippen LogP contribution in [0.15, 0.2) is 35.7 Å². The van der Waals surface area contributed by atoms with E-state index in [-0.39, 0.29) is 11.8 Å². The van der Waals surface area contributed by atoms with E-state index in [1.54, 1.807) is 6.20 Å². The maximum atomic E-state index is 12.7. The van der Waals surface area contributed by atoms with E-state index in [0.29, 0.717) is 44.3 Å². The van der Waals surface area contributed by atoms with Crippen LogP contribution in [0.5, 0.6) is 0 Å². The molecule has 0 radical (unpaired) electrons. The smallest absolute Gasteiger partial charge is 0.233 e. The summed E-state index contributed by atoms with van der Waals surface area (Å²) in [6, 6.07) is 6.34. The molecule has 0 atom stereocenters. The van der Waals surface area contributed by atoms with Crippen molar-refractivity contribution in [1.82, 2.24) is 19.4 Å². The van der Waals surface area contributed by atoms with Gasteiger partial charge in [-0.05, 0) is 43.4 Å². The van der Waals surface area contributed by atoms with Gasteiger partial charge >= 0.3 is 0 Å². The van der Waals surface area contributed by atoms with Crippen LogP contribution in [-0.4, -0.2) is 63.1 Å². The summed E-state index contributed by atoms with van der Waals surface area (Å²) in [6.07, 6.45) is 5.23. The van der Waals surface area contributed by atoms with Gasteiger partial charge in [0.15, 0.2) is 5.16 Å². The number of carbonyl (C=O) groups is 2. The number of piperazine rings is 1. The fraction of sp³-hybridized carbons (Fsp3) is 0.522. The largest absolute Gasteiger partial charge is 0.339 e. The lowest BCUT2D eigenvalue weighted by Gasteiger charge is -2.35. The Kier molecular flexibility index (Phi) is 7.58. The van der Waals surface area contributed by atoms with E-state index in [9.17, 15) is 9.59 Å². The van der Waals surface area contributed by atoms with Crippen molar-refractivity contribution in [3.63, 3.8) is 0 Å². The van der Waals surface area contributed by atoms with Crippen LogP contribution in [0.3, 0.4) is 0 Å². The first kappa shape index (κ1) is 22.4. The molecule has 3 rings (SSSR count). The van der Waals surface area contributed by atoms with Crippen LogP contribution in [0.2, 0.25) is 0 Å². The van der Waals surface area contributed by atoms with E-state index in [1.165, 1.54) is 22.9 Å². The molecule has 30 heavy (non-hydrogen) atoms. The molecular formula is C23H32N4O2S. The van der Waals surface area contributed by atoms with E-state index in [4.69, 9.17) is 0 Å². The zero-order valence-corrected chi connectivity index (χ0v) is 19.2. The van der Waals surface area contributed by atoms with Crippen molar-refractivity contribution in [3.05, 3.63) is 41.7 Å². The van der Waals surface area contributed by atoms with E-state index in [0.717, 1.165) is 17.3 Å². The minimum Gasteiger partial charge on any atom is -0.339 e. The Hall–Kier alpha value is -2.28. The minimum absolute atomic E-state index is 0.102. The summed E-state index contributed by atoms with van der Waals surface area (Å²) in [5, 5.41) is 0.819. The molecule has 1 aromatic carbocycles. The first-order valence-electron chi connectivity index (χ1n) is 10.6. The van der Waals surface area contributed by atoms with Gasteiger partial charge in [-0.15, -0.1) is 0 Å². The molecule has 0 bridgehead atoms. The summed E-state index contributed by atoms with van der Waals surface area (Å²) in [6.45, 7) is 10.9. The molecule has 1 aliphatic rings. The van der Waals surface area contributed by atoms with Crippen LogP contribution in [0.4, 0.5) is 0 Å². The average molecular weight is 429 g/mol. The fourth-order valence-electron chi connectivity index (χ4n) is 3.55. The molecule has 2 aromatic rings. The van der Waals surface area contributed by atoms with Gasteiger partial charge in [0.1, 0.15) is 0 Å². The number of nitrogens with zero attached hydrogens (tertiary/aromatic N) is 4. The highest BCUT2D eigenvalue weighted by Gasteiger charge is 2.24. The predicted octanol–water partition coefficient (Wildman–Crippen LogP) is 3.69. The van der Waals surface area contributed by atoms with Crippen LogP contribution < -0.4 is 0 Å². The summed E-state index contributed by atoms with van der Waals surface area (Å²) < 4.78 is 2.05. The Bertz CT molecular complexity index is 885. The molecule has 1 aromatic heterocycles. The number of hydrogen-bond donors (Lipinski definition) is 0. The third-order valence-electron chi connectivity index (χ3n) is 5.48. The third kappa shape index (κ3) is 5.65.